The van der Waals surface area contributed by atoms with Gasteiger partial charge in [-0.2, -0.15) is 0 Å². The molecule has 1 aromatic rings. The minimum Gasteiger partial charge on any atom is -0.374 e. The van der Waals surface area contributed by atoms with Gasteiger partial charge in [0.25, 0.3) is 0 Å². The van der Waals surface area contributed by atoms with Gasteiger partial charge in [0.2, 0.25) is 0 Å². The molecular formula is C16H27N3OS. The van der Waals surface area contributed by atoms with Crippen molar-refractivity contribution in [1.82, 2.24) is 15.2 Å². The topological polar surface area (TPSA) is 37.4 Å². The van der Waals surface area contributed by atoms with Gasteiger partial charge >= 0.3 is 0 Å². The molecule has 118 valence electrons. The molecule has 1 aromatic heterocycles. The molecule has 0 bridgehead atoms. The van der Waals surface area contributed by atoms with Crippen molar-refractivity contribution in [2.24, 2.45) is 0 Å². The van der Waals surface area contributed by atoms with Gasteiger partial charge < -0.3 is 10.1 Å². The van der Waals surface area contributed by atoms with Crippen LogP contribution >= 0.6 is 11.3 Å². The summed E-state index contributed by atoms with van der Waals surface area (Å²) in [5, 5.41) is 6.90. The summed E-state index contributed by atoms with van der Waals surface area (Å²) in [6.45, 7) is 11.7. The fraction of sp³-hybridized carbons (Fsp3) is 0.812. The molecule has 0 amide bonds. The lowest BCUT2D eigenvalue weighted by atomic mass is 9.98. The van der Waals surface area contributed by atoms with Crippen molar-refractivity contribution in [1.29, 1.82) is 0 Å². The van der Waals surface area contributed by atoms with Crippen LogP contribution in [0.2, 0.25) is 0 Å². The average molecular weight is 309 g/mol. The highest BCUT2D eigenvalue weighted by atomic mass is 32.1. The Labute approximate surface area is 131 Å². The van der Waals surface area contributed by atoms with E-state index in [9.17, 15) is 0 Å². The zero-order valence-corrected chi connectivity index (χ0v) is 14.2. The zero-order chi connectivity index (χ0) is 14.9. The van der Waals surface area contributed by atoms with Crippen LogP contribution in [0.15, 0.2) is 5.38 Å². The van der Waals surface area contributed by atoms with Crippen LogP contribution in [-0.2, 0) is 16.7 Å². The van der Waals surface area contributed by atoms with Crippen LogP contribution in [0.3, 0.4) is 0 Å². The highest BCUT2D eigenvalue weighted by Crippen LogP contribution is 2.25. The number of hydrogen-bond acceptors (Lipinski definition) is 5. The Bertz CT molecular complexity index is 468. The molecule has 1 N–H and O–H groups in total. The predicted octanol–water partition coefficient (Wildman–Crippen LogP) is 2.39. The summed E-state index contributed by atoms with van der Waals surface area (Å²) >= 11 is 1.76. The Balaban J connectivity index is 1.43. The zero-order valence-electron chi connectivity index (χ0n) is 13.4. The first-order valence-electron chi connectivity index (χ1n) is 8.03. The van der Waals surface area contributed by atoms with Gasteiger partial charge in [-0.25, -0.2) is 4.98 Å². The first-order valence-corrected chi connectivity index (χ1v) is 8.91. The fourth-order valence-electron chi connectivity index (χ4n) is 3.10. The first-order chi connectivity index (χ1) is 10.0. The van der Waals surface area contributed by atoms with Crippen molar-refractivity contribution < 1.29 is 4.74 Å². The Morgan fingerprint density at radius 2 is 2.33 bits per heavy atom. The van der Waals surface area contributed by atoms with E-state index in [1.807, 2.05) is 0 Å². The van der Waals surface area contributed by atoms with E-state index >= 15 is 0 Å². The number of fused-ring (bicyclic) bond motifs is 1. The molecule has 0 spiro atoms. The van der Waals surface area contributed by atoms with Gasteiger partial charge in [-0.15, -0.1) is 11.3 Å². The molecule has 0 saturated carbocycles. The van der Waals surface area contributed by atoms with Crippen molar-refractivity contribution in [3.05, 3.63) is 16.1 Å². The van der Waals surface area contributed by atoms with E-state index in [4.69, 9.17) is 9.72 Å². The summed E-state index contributed by atoms with van der Waals surface area (Å²) in [6.07, 6.45) is 2.98. The second-order valence-corrected chi connectivity index (χ2v) is 8.13. The highest BCUT2D eigenvalue weighted by molar-refractivity contribution is 7.09. The highest BCUT2D eigenvalue weighted by Gasteiger charge is 2.31. The van der Waals surface area contributed by atoms with Gasteiger partial charge in [-0.3, -0.25) is 4.90 Å². The number of nitrogens with zero attached hydrogens (tertiary/aromatic N) is 2. The minimum atomic E-state index is 0.153. The van der Waals surface area contributed by atoms with Crippen LogP contribution in [0.25, 0.3) is 0 Å². The predicted molar refractivity (Wildman–Crippen MR) is 86.9 cm³/mol. The smallest absolute Gasteiger partial charge is 0.0982 e. The molecule has 0 aromatic carbocycles. The molecule has 21 heavy (non-hydrogen) atoms. The Morgan fingerprint density at radius 3 is 3.10 bits per heavy atom. The monoisotopic (exact) mass is 309 g/mol. The molecule has 2 aliphatic heterocycles. The van der Waals surface area contributed by atoms with Gasteiger partial charge in [0.15, 0.2) is 0 Å². The molecule has 4 nitrogen and oxygen atoms in total. The van der Waals surface area contributed by atoms with Crippen molar-refractivity contribution in [2.45, 2.75) is 57.7 Å². The van der Waals surface area contributed by atoms with Gasteiger partial charge in [-0.1, -0.05) is 20.8 Å². The number of nitrogens with one attached hydrogen (secondary N) is 1. The molecule has 3 rings (SSSR count). The van der Waals surface area contributed by atoms with E-state index in [1.165, 1.54) is 24.4 Å². The maximum absolute atomic E-state index is 5.97. The van der Waals surface area contributed by atoms with Crippen LogP contribution in [0.1, 0.15) is 44.3 Å². The molecule has 2 unspecified atom stereocenters. The minimum absolute atomic E-state index is 0.153. The van der Waals surface area contributed by atoms with Crippen LogP contribution < -0.4 is 5.32 Å². The SMILES string of the molecule is CC(C)(C)c1nc(CNCC2CN3CCCC3CO2)cs1. The molecular weight excluding hydrogens is 282 g/mol. The lowest BCUT2D eigenvalue weighted by Crippen LogP contribution is -2.49. The summed E-state index contributed by atoms with van der Waals surface area (Å²) in [7, 11) is 0. The third-order valence-electron chi connectivity index (χ3n) is 4.33. The standard InChI is InChI=1S/C16H27N3OS/c1-16(2,3)15-18-12(11-21-15)7-17-8-14-9-19-6-4-5-13(19)10-20-14/h11,13-14,17H,4-10H2,1-3H3. The molecule has 2 atom stereocenters. The van der Waals surface area contributed by atoms with Crippen molar-refractivity contribution in [3.63, 3.8) is 0 Å². The summed E-state index contributed by atoms with van der Waals surface area (Å²) in [6, 6.07) is 0.689. The number of aromatic nitrogens is 1. The van der Waals surface area contributed by atoms with E-state index in [1.54, 1.807) is 11.3 Å². The third-order valence-corrected chi connectivity index (χ3v) is 5.65. The molecule has 2 fully saturated rings. The van der Waals surface area contributed by atoms with Gasteiger partial charge in [0.05, 0.1) is 23.4 Å². The maximum Gasteiger partial charge on any atom is 0.0982 e. The van der Waals surface area contributed by atoms with Crippen molar-refractivity contribution >= 4 is 11.3 Å². The van der Waals surface area contributed by atoms with E-state index in [0.29, 0.717) is 12.1 Å². The van der Waals surface area contributed by atoms with Gasteiger partial charge in [0.1, 0.15) is 0 Å². The van der Waals surface area contributed by atoms with Crippen molar-refractivity contribution in [3.8, 4) is 0 Å². The summed E-state index contributed by atoms with van der Waals surface area (Å²) in [4.78, 5) is 7.32. The summed E-state index contributed by atoms with van der Waals surface area (Å²) < 4.78 is 5.97. The molecule has 5 heteroatoms. The Kier molecular flexibility index (Phi) is 4.64. The summed E-state index contributed by atoms with van der Waals surface area (Å²) in [5.41, 5.74) is 1.31. The lowest BCUT2D eigenvalue weighted by molar-refractivity contribution is -0.0470. The molecule has 0 radical (unpaired) electrons. The fourth-order valence-corrected chi connectivity index (χ4v) is 4.01. The summed E-state index contributed by atoms with van der Waals surface area (Å²) in [5.74, 6) is 0. The first kappa shape index (κ1) is 15.4. The van der Waals surface area contributed by atoms with E-state index < -0.39 is 0 Å². The van der Waals surface area contributed by atoms with E-state index in [2.05, 4.69) is 36.4 Å². The van der Waals surface area contributed by atoms with Gasteiger partial charge in [0, 0.05) is 36.5 Å². The number of ether oxygens (including phenoxy) is 1. The molecule has 2 aliphatic rings. The number of rotatable bonds is 4. The number of hydrogen-bond donors (Lipinski definition) is 1. The van der Waals surface area contributed by atoms with E-state index in [-0.39, 0.29) is 5.41 Å². The molecule has 3 heterocycles. The quantitative estimate of drug-likeness (QED) is 0.927. The third kappa shape index (κ3) is 3.83. The van der Waals surface area contributed by atoms with Crippen LogP contribution in [0, 0.1) is 0 Å². The maximum atomic E-state index is 5.97. The second-order valence-electron chi connectivity index (χ2n) is 7.27. The molecule has 0 aliphatic carbocycles. The van der Waals surface area contributed by atoms with Crippen LogP contribution in [0.5, 0.6) is 0 Å². The number of morpholine rings is 1. The second kappa shape index (κ2) is 6.32. The molecule has 2 saturated heterocycles. The van der Waals surface area contributed by atoms with Gasteiger partial charge in [-0.05, 0) is 19.4 Å². The normalized spacial score (nSPS) is 27.0. The number of thiazole rings is 1. The van der Waals surface area contributed by atoms with Crippen molar-refractivity contribution in [2.75, 3.05) is 26.2 Å². The lowest BCUT2D eigenvalue weighted by Gasteiger charge is -2.35. The van der Waals surface area contributed by atoms with Crippen LogP contribution in [0.4, 0.5) is 0 Å². The Hall–Kier alpha value is -0.490. The van der Waals surface area contributed by atoms with E-state index in [0.717, 1.165) is 31.9 Å². The Morgan fingerprint density at radius 1 is 1.48 bits per heavy atom. The average Bonchev–Trinajstić information content (AvgIpc) is 3.05. The van der Waals surface area contributed by atoms with Crippen LogP contribution in [-0.4, -0.2) is 48.3 Å². The largest absolute Gasteiger partial charge is 0.374 e.